The molecule has 146 valence electrons. The molecule has 1 N–H and O–H groups in total. The van der Waals surface area contributed by atoms with Crippen LogP contribution in [0, 0.1) is 13.8 Å². The van der Waals surface area contributed by atoms with E-state index in [2.05, 4.69) is 19.8 Å². The first kappa shape index (κ1) is 19.0. The van der Waals surface area contributed by atoms with Gasteiger partial charge in [-0.25, -0.2) is 4.98 Å². The SMILES string of the molecule is Cc1cc(C(=O)NCC2(N3CCOCC3)CCSC2)c(C)n1-c1nccs1. The number of rotatable bonds is 5. The molecule has 0 saturated carbocycles. The fourth-order valence-electron chi connectivity index (χ4n) is 4.09. The molecule has 2 aromatic rings. The highest BCUT2D eigenvalue weighted by Crippen LogP contribution is 2.33. The van der Waals surface area contributed by atoms with Crippen LogP contribution in [0.25, 0.3) is 5.13 Å². The molecule has 4 heterocycles. The Morgan fingerprint density at radius 2 is 2.19 bits per heavy atom. The van der Waals surface area contributed by atoms with Gasteiger partial charge in [0.15, 0.2) is 5.13 Å². The summed E-state index contributed by atoms with van der Waals surface area (Å²) in [6.45, 7) is 8.19. The third kappa shape index (κ3) is 3.68. The number of nitrogens with zero attached hydrogens (tertiary/aromatic N) is 3. The number of morpholine rings is 1. The fraction of sp³-hybridized carbons (Fsp3) is 0.579. The zero-order chi connectivity index (χ0) is 18.9. The highest BCUT2D eigenvalue weighted by atomic mass is 32.2. The van der Waals surface area contributed by atoms with Gasteiger partial charge in [-0.05, 0) is 32.1 Å². The second-order valence-corrected chi connectivity index (χ2v) is 9.22. The van der Waals surface area contributed by atoms with Gasteiger partial charge < -0.3 is 10.1 Å². The Hall–Kier alpha value is -1.35. The lowest BCUT2D eigenvalue weighted by atomic mass is 9.95. The van der Waals surface area contributed by atoms with Gasteiger partial charge in [0.05, 0.1) is 18.8 Å². The third-order valence-electron chi connectivity index (χ3n) is 5.63. The van der Waals surface area contributed by atoms with Crippen LogP contribution < -0.4 is 5.32 Å². The molecule has 2 fully saturated rings. The lowest BCUT2D eigenvalue weighted by molar-refractivity contribution is -0.0129. The van der Waals surface area contributed by atoms with E-state index in [4.69, 9.17) is 4.74 Å². The van der Waals surface area contributed by atoms with E-state index < -0.39 is 0 Å². The molecule has 0 aromatic carbocycles. The molecule has 2 aliphatic rings. The third-order valence-corrected chi connectivity index (χ3v) is 7.62. The van der Waals surface area contributed by atoms with Crippen molar-refractivity contribution in [2.75, 3.05) is 44.4 Å². The van der Waals surface area contributed by atoms with Crippen LogP contribution in [-0.4, -0.2) is 70.3 Å². The maximum absolute atomic E-state index is 13.0. The van der Waals surface area contributed by atoms with Crippen molar-refractivity contribution < 1.29 is 9.53 Å². The predicted octanol–water partition coefficient (Wildman–Crippen LogP) is 2.49. The predicted molar refractivity (Wildman–Crippen MR) is 110 cm³/mol. The molecule has 2 aliphatic heterocycles. The summed E-state index contributed by atoms with van der Waals surface area (Å²) in [5, 5.41) is 6.10. The van der Waals surface area contributed by atoms with Gasteiger partial charge in [0.1, 0.15) is 0 Å². The second-order valence-electron chi connectivity index (χ2n) is 7.24. The number of nitrogens with one attached hydrogen (secondary N) is 1. The maximum Gasteiger partial charge on any atom is 0.253 e. The average Bonchev–Trinajstić information content (AvgIpc) is 3.42. The van der Waals surface area contributed by atoms with Gasteiger partial charge in [-0.1, -0.05) is 0 Å². The molecule has 1 unspecified atom stereocenters. The number of hydrogen-bond donors (Lipinski definition) is 1. The van der Waals surface area contributed by atoms with Crippen molar-refractivity contribution >= 4 is 29.0 Å². The first-order chi connectivity index (χ1) is 13.1. The van der Waals surface area contributed by atoms with Crippen molar-refractivity contribution in [1.29, 1.82) is 0 Å². The molecule has 2 saturated heterocycles. The van der Waals surface area contributed by atoms with E-state index in [0.29, 0.717) is 6.54 Å². The van der Waals surface area contributed by atoms with Crippen LogP contribution in [0.3, 0.4) is 0 Å². The fourth-order valence-corrected chi connectivity index (χ4v) is 6.32. The van der Waals surface area contributed by atoms with Crippen molar-refractivity contribution in [3.63, 3.8) is 0 Å². The molecule has 0 aliphatic carbocycles. The number of aryl methyl sites for hydroxylation is 1. The Kier molecular flexibility index (Phi) is 5.59. The van der Waals surface area contributed by atoms with Gasteiger partial charge in [-0.3, -0.25) is 14.3 Å². The molecular weight excluding hydrogens is 380 g/mol. The smallest absolute Gasteiger partial charge is 0.253 e. The van der Waals surface area contributed by atoms with Crippen LogP contribution in [0.1, 0.15) is 28.2 Å². The summed E-state index contributed by atoms with van der Waals surface area (Å²) in [6, 6.07) is 1.97. The minimum atomic E-state index is 0.00967. The van der Waals surface area contributed by atoms with Gasteiger partial charge in [0, 0.05) is 53.9 Å². The standard InChI is InChI=1S/C19H26N4O2S2/c1-14-11-16(15(2)23(14)18-20-4-10-27-18)17(24)21-12-19(3-9-26-13-19)22-5-7-25-8-6-22/h4,10-11H,3,5-9,12-13H2,1-2H3,(H,21,24). The Bertz CT molecular complexity index is 791. The lowest BCUT2D eigenvalue weighted by Crippen LogP contribution is -2.59. The summed E-state index contributed by atoms with van der Waals surface area (Å²) in [5.74, 6) is 2.24. The van der Waals surface area contributed by atoms with Gasteiger partial charge in [-0.2, -0.15) is 11.8 Å². The largest absolute Gasteiger partial charge is 0.379 e. The summed E-state index contributed by atoms with van der Waals surface area (Å²) in [6.07, 6.45) is 2.92. The van der Waals surface area contributed by atoms with E-state index in [-0.39, 0.29) is 11.4 Å². The summed E-state index contributed by atoms with van der Waals surface area (Å²) >= 11 is 3.57. The molecule has 6 nitrogen and oxygen atoms in total. The molecule has 0 spiro atoms. The Morgan fingerprint density at radius 3 is 2.85 bits per heavy atom. The van der Waals surface area contributed by atoms with E-state index in [1.165, 1.54) is 0 Å². The molecule has 1 atom stereocenters. The summed E-state index contributed by atoms with van der Waals surface area (Å²) < 4.78 is 7.58. The Labute approximate surface area is 168 Å². The van der Waals surface area contributed by atoms with Crippen LogP contribution in [-0.2, 0) is 4.74 Å². The van der Waals surface area contributed by atoms with E-state index in [0.717, 1.165) is 66.3 Å². The molecule has 4 rings (SSSR count). The first-order valence-corrected chi connectivity index (χ1v) is 11.4. The quantitative estimate of drug-likeness (QED) is 0.827. The van der Waals surface area contributed by atoms with Crippen LogP contribution in [0.5, 0.6) is 0 Å². The number of thiazole rings is 1. The number of carbonyl (C=O) groups is 1. The highest BCUT2D eigenvalue weighted by molar-refractivity contribution is 7.99. The normalized spacial score (nSPS) is 23.6. The van der Waals surface area contributed by atoms with Crippen molar-refractivity contribution in [1.82, 2.24) is 19.8 Å². The van der Waals surface area contributed by atoms with Crippen LogP contribution in [0.2, 0.25) is 0 Å². The number of aromatic nitrogens is 2. The maximum atomic E-state index is 13.0. The number of amides is 1. The Balaban J connectivity index is 1.50. The molecule has 0 bridgehead atoms. The summed E-state index contributed by atoms with van der Waals surface area (Å²) in [4.78, 5) is 19.9. The van der Waals surface area contributed by atoms with E-state index in [1.807, 2.05) is 37.1 Å². The van der Waals surface area contributed by atoms with Crippen molar-refractivity contribution in [3.05, 3.63) is 34.6 Å². The van der Waals surface area contributed by atoms with Gasteiger partial charge in [0.2, 0.25) is 0 Å². The molecule has 8 heteroatoms. The minimum Gasteiger partial charge on any atom is -0.379 e. The summed E-state index contributed by atoms with van der Waals surface area (Å²) in [5.41, 5.74) is 2.78. The second kappa shape index (κ2) is 7.95. The zero-order valence-electron chi connectivity index (χ0n) is 15.9. The molecule has 27 heavy (non-hydrogen) atoms. The number of thioether (sulfide) groups is 1. The van der Waals surface area contributed by atoms with Crippen LogP contribution in [0.15, 0.2) is 17.6 Å². The van der Waals surface area contributed by atoms with Crippen molar-refractivity contribution in [3.8, 4) is 5.13 Å². The van der Waals surface area contributed by atoms with Gasteiger partial charge in [-0.15, -0.1) is 11.3 Å². The molecule has 1 amide bonds. The zero-order valence-corrected chi connectivity index (χ0v) is 17.5. The number of ether oxygens (including phenoxy) is 1. The molecular formula is C19H26N4O2S2. The van der Waals surface area contributed by atoms with Crippen molar-refractivity contribution in [2.24, 2.45) is 0 Å². The van der Waals surface area contributed by atoms with E-state index in [9.17, 15) is 4.79 Å². The summed E-state index contributed by atoms with van der Waals surface area (Å²) in [7, 11) is 0. The first-order valence-electron chi connectivity index (χ1n) is 9.38. The lowest BCUT2D eigenvalue weighted by Gasteiger charge is -2.43. The molecule has 2 aromatic heterocycles. The van der Waals surface area contributed by atoms with Gasteiger partial charge >= 0.3 is 0 Å². The topological polar surface area (TPSA) is 59.4 Å². The average molecular weight is 407 g/mol. The van der Waals surface area contributed by atoms with E-state index in [1.54, 1.807) is 17.5 Å². The number of carbonyl (C=O) groups excluding carboxylic acids is 1. The van der Waals surface area contributed by atoms with Crippen molar-refractivity contribution in [2.45, 2.75) is 25.8 Å². The monoisotopic (exact) mass is 406 g/mol. The van der Waals surface area contributed by atoms with Gasteiger partial charge in [0.25, 0.3) is 5.91 Å². The highest BCUT2D eigenvalue weighted by Gasteiger charge is 2.41. The minimum absolute atomic E-state index is 0.00967. The van der Waals surface area contributed by atoms with Crippen LogP contribution in [0.4, 0.5) is 0 Å². The molecule has 0 radical (unpaired) electrons. The van der Waals surface area contributed by atoms with E-state index >= 15 is 0 Å². The number of hydrogen-bond acceptors (Lipinski definition) is 6. The van der Waals surface area contributed by atoms with Crippen LogP contribution >= 0.6 is 23.1 Å². The Morgan fingerprint density at radius 1 is 1.37 bits per heavy atom.